The molecule has 1 amide bonds. The van der Waals surface area contributed by atoms with Gasteiger partial charge in [0.25, 0.3) is 5.24 Å². The van der Waals surface area contributed by atoms with Gasteiger partial charge in [-0.25, -0.2) is 14.8 Å². The summed E-state index contributed by atoms with van der Waals surface area (Å²) in [5.74, 6) is 6.84. The van der Waals surface area contributed by atoms with Gasteiger partial charge in [-0.1, -0.05) is 50.6 Å². The average molecular weight is 656 g/mol. The molecule has 7 nitrogen and oxygen atoms in total. The fourth-order valence-electron chi connectivity index (χ4n) is 4.49. The van der Waals surface area contributed by atoms with Crippen LogP contribution in [0.2, 0.25) is 18.1 Å². The zero-order valence-electron chi connectivity index (χ0n) is 25.8. The Morgan fingerprint density at radius 2 is 1.98 bits per heavy atom. The summed E-state index contributed by atoms with van der Waals surface area (Å²) in [5.41, 5.74) is 4.74. The van der Waals surface area contributed by atoms with E-state index in [0.717, 1.165) is 47.8 Å². The number of thiazole rings is 1. The predicted octanol–water partition coefficient (Wildman–Crippen LogP) is 7.34. The number of ether oxygens (including phenoxy) is 1. The first-order valence-corrected chi connectivity index (χ1v) is 20.1. The molecule has 1 unspecified atom stereocenters. The van der Waals surface area contributed by atoms with Crippen LogP contribution in [0.25, 0.3) is 0 Å². The van der Waals surface area contributed by atoms with Gasteiger partial charge in [0.1, 0.15) is 10.6 Å². The molecule has 1 atom stereocenters. The van der Waals surface area contributed by atoms with Crippen LogP contribution in [0, 0.1) is 11.8 Å². The average Bonchev–Trinajstić information content (AvgIpc) is 3.66. The third kappa shape index (κ3) is 9.51. The molecule has 11 heteroatoms. The fraction of sp³-hybridized carbons (Fsp3) is 0.469. The number of carbonyl (C=O) groups excluding carboxylic acids is 2. The minimum Gasteiger partial charge on any atom is -0.465 e. The number of benzene rings is 1. The van der Waals surface area contributed by atoms with Gasteiger partial charge in [0, 0.05) is 47.6 Å². The van der Waals surface area contributed by atoms with E-state index in [2.05, 4.69) is 73.9 Å². The molecule has 2 aromatic heterocycles. The van der Waals surface area contributed by atoms with Crippen LogP contribution in [0.5, 0.6) is 0 Å². The van der Waals surface area contributed by atoms with Crippen LogP contribution in [0.1, 0.15) is 58.6 Å². The number of amides is 1. The molecule has 0 spiro atoms. The number of esters is 1. The lowest BCUT2D eigenvalue weighted by Crippen LogP contribution is -2.51. The van der Waals surface area contributed by atoms with Crippen molar-refractivity contribution in [2.75, 3.05) is 32.5 Å². The smallest absolute Gasteiger partial charge is 0.348 e. The topological polar surface area (TPSA) is 72.0 Å². The summed E-state index contributed by atoms with van der Waals surface area (Å²) in [7, 11) is -0.659. The molecule has 230 valence electrons. The van der Waals surface area contributed by atoms with E-state index < -0.39 is 8.32 Å². The SMILES string of the molecule is COC(=O)c1ccc(CCN2C(=O)SCCN2CCC(Cc2cccc(C#Cc3cscn3)c2)O[Si](C)(C)C(C)(C)C)s1. The number of carbonyl (C=O) groups is 2. The van der Waals surface area contributed by atoms with Gasteiger partial charge in [-0.15, -0.1) is 22.7 Å². The highest BCUT2D eigenvalue weighted by Gasteiger charge is 2.39. The Kier molecular flexibility index (Phi) is 11.7. The molecular formula is C32H41N3O4S3Si. The molecule has 1 aliphatic heterocycles. The summed E-state index contributed by atoms with van der Waals surface area (Å²) in [5, 5.41) is 6.17. The van der Waals surface area contributed by atoms with E-state index in [9.17, 15) is 9.59 Å². The minimum atomic E-state index is -2.05. The Morgan fingerprint density at radius 3 is 2.70 bits per heavy atom. The summed E-state index contributed by atoms with van der Waals surface area (Å²) < 4.78 is 11.8. The van der Waals surface area contributed by atoms with Crippen LogP contribution in [-0.2, 0) is 22.0 Å². The van der Waals surface area contributed by atoms with Crippen molar-refractivity contribution in [2.24, 2.45) is 0 Å². The van der Waals surface area contributed by atoms with Crippen molar-refractivity contribution in [1.82, 2.24) is 15.0 Å². The van der Waals surface area contributed by atoms with Gasteiger partial charge in [0.15, 0.2) is 8.32 Å². The molecule has 0 N–H and O–H groups in total. The van der Waals surface area contributed by atoms with Gasteiger partial charge in [-0.3, -0.25) is 9.80 Å². The van der Waals surface area contributed by atoms with E-state index in [-0.39, 0.29) is 22.4 Å². The zero-order valence-corrected chi connectivity index (χ0v) is 29.3. The summed E-state index contributed by atoms with van der Waals surface area (Å²) in [6.45, 7) is 13.5. The Hall–Kier alpha value is -2.46. The normalized spacial score (nSPS) is 15.2. The molecule has 3 aromatic rings. The Labute approximate surface area is 269 Å². The number of aromatic nitrogens is 1. The zero-order chi connectivity index (χ0) is 31.0. The molecule has 1 aliphatic rings. The minimum absolute atomic E-state index is 0.00841. The summed E-state index contributed by atoms with van der Waals surface area (Å²) in [6, 6.07) is 12.1. The van der Waals surface area contributed by atoms with Crippen LogP contribution < -0.4 is 0 Å². The molecule has 0 radical (unpaired) electrons. The first kappa shape index (κ1) is 33.4. The number of rotatable bonds is 11. The van der Waals surface area contributed by atoms with Crippen molar-refractivity contribution in [3.63, 3.8) is 0 Å². The molecule has 4 rings (SSSR count). The van der Waals surface area contributed by atoms with E-state index in [1.165, 1.54) is 35.8 Å². The maximum Gasteiger partial charge on any atom is 0.348 e. The quantitative estimate of drug-likeness (QED) is 0.122. The Morgan fingerprint density at radius 1 is 1.16 bits per heavy atom. The highest BCUT2D eigenvalue weighted by Crippen LogP contribution is 2.38. The van der Waals surface area contributed by atoms with Crippen LogP contribution in [0.4, 0.5) is 4.79 Å². The highest BCUT2D eigenvalue weighted by atomic mass is 32.2. The second-order valence-electron chi connectivity index (χ2n) is 12.0. The number of hydrazine groups is 1. The second-order valence-corrected chi connectivity index (χ2v) is 19.7. The molecule has 0 bridgehead atoms. The van der Waals surface area contributed by atoms with E-state index in [0.29, 0.717) is 17.8 Å². The van der Waals surface area contributed by atoms with Gasteiger partial charge >= 0.3 is 5.97 Å². The van der Waals surface area contributed by atoms with Gasteiger partial charge < -0.3 is 9.16 Å². The van der Waals surface area contributed by atoms with Crippen molar-refractivity contribution in [1.29, 1.82) is 0 Å². The molecule has 43 heavy (non-hydrogen) atoms. The van der Waals surface area contributed by atoms with Crippen LogP contribution >= 0.6 is 34.4 Å². The lowest BCUT2D eigenvalue weighted by atomic mass is 10.0. The number of thioether (sulfide) groups is 1. The van der Waals surface area contributed by atoms with Crippen molar-refractivity contribution in [3.8, 4) is 11.8 Å². The molecule has 0 aliphatic carbocycles. The molecule has 1 saturated heterocycles. The van der Waals surface area contributed by atoms with E-state index >= 15 is 0 Å². The maximum atomic E-state index is 13.0. The van der Waals surface area contributed by atoms with Crippen LogP contribution in [0.3, 0.4) is 0 Å². The molecule has 1 fully saturated rings. The monoisotopic (exact) mass is 655 g/mol. The van der Waals surface area contributed by atoms with Crippen molar-refractivity contribution in [3.05, 3.63) is 73.9 Å². The number of hydrogen-bond acceptors (Lipinski definition) is 9. The van der Waals surface area contributed by atoms with Gasteiger partial charge in [-0.05, 0) is 66.7 Å². The van der Waals surface area contributed by atoms with E-state index in [1.54, 1.807) is 22.9 Å². The van der Waals surface area contributed by atoms with Crippen molar-refractivity contribution >= 4 is 54.0 Å². The molecule has 1 aromatic carbocycles. The third-order valence-electron chi connectivity index (χ3n) is 7.88. The molecule has 3 heterocycles. The fourth-order valence-corrected chi connectivity index (χ4v) is 8.11. The third-order valence-corrected chi connectivity index (χ3v) is 15.0. The van der Waals surface area contributed by atoms with E-state index in [4.69, 9.17) is 9.16 Å². The van der Waals surface area contributed by atoms with Crippen LogP contribution in [0.15, 0.2) is 47.3 Å². The Balaban J connectivity index is 1.46. The first-order valence-electron chi connectivity index (χ1n) is 14.5. The molecule has 0 saturated carbocycles. The second kappa shape index (κ2) is 15.0. The van der Waals surface area contributed by atoms with Crippen molar-refractivity contribution < 1.29 is 18.8 Å². The van der Waals surface area contributed by atoms with E-state index in [1.807, 2.05) is 22.5 Å². The number of nitrogens with zero attached hydrogens (tertiary/aromatic N) is 3. The Bertz CT molecular complexity index is 1440. The lowest BCUT2D eigenvalue weighted by Gasteiger charge is -2.41. The first-order chi connectivity index (χ1) is 20.4. The van der Waals surface area contributed by atoms with Crippen molar-refractivity contribution in [2.45, 2.75) is 64.3 Å². The summed E-state index contributed by atoms with van der Waals surface area (Å²) in [6.07, 6.45) is 2.28. The highest BCUT2D eigenvalue weighted by molar-refractivity contribution is 8.13. The maximum absolute atomic E-state index is 13.0. The van der Waals surface area contributed by atoms with Gasteiger partial charge in [-0.2, -0.15) is 0 Å². The number of hydrogen-bond donors (Lipinski definition) is 0. The molecular weight excluding hydrogens is 615 g/mol. The largest absolute Gasteiger partial charge is 0.465 e. The number of methoxy groups -OCH3 is 1. The van der Waals surface area contributed by atoms with Gasteiger partial charge in [0.2, 0.25) is 0 Å². The summed E-state index contributed by atoms with van der Waals surface area (Å²) >= 11 is 4.33. The number of thiophene rings is 1. The van der Waals surface area contributed by atoms with Crippen LogP contribution in [-0.4, -0.2) is 73.1 Å². The van der Waals surface area contributed by atoms with Gasteiger partial charge in [0.05, 0.1) is 18.7 Å². The lowest BCUT2D eigenvalue weighted by molar-refractivity contribution is 0.0161. The standard InChI is InChI=1S/C32H41N3O4S3Si/c1-32(2,3)43(5,6)39-27(21-25-9-7-8-24(20-25)10-11-26-22-40-23-33-26)14-16-34-18-19-41-31(37)35(34)17-15-28-12-13-29(42-28)30(36)38-4/h7-9,12-13,20,22-23,27H,14-19,21H2,1-6H3. The predicted molar refractivity (Wildman–Crippen MR) is 180 cm³/mol. The summed E-state index contributed by atoms with van der Waals surface area (Å²) in [4.78, 5) is 30.8.